The molecule has 0 amide bonds. The maximum atomic E-state index is 12.0. The molecule has 0 saturated carbocycles. The number of aromatic amines is 1. The van der Waals surface area contributed by atoms with Crippen LogP contribution in [-0.4, -0.2) is 26.9 Å². The Morgan fingerprint density at radius 2 is 1.77 bits per heavy atom. The number of carbonyl (C=O) groups is 1. The van der Waals surface area contributed by atoms with Gasteiger partial charge in [0.2, 0.25) is 0 Å². The van der Waals surface area contributed by atoms with E-state index in [1.807, 2.05) is 42.5 Å². The summed E-state index contributed by atoms with van der Waals surface area (Å²) >= 11 is 3.38. The second-order valence-corrected chi connectivity index (χ2v) is 6.72. The van der Waals surface area contributed by atoms with Crippen molar-refractivity contribution >= 4 is 55.0 Å². The summed E-state index contributed by atoms with van der Waals surface area (Å²) in [5, 5.41) is 22.5. The van der Waals surface area contributed by atoms with Crippen molar-refractivity contribution in [2.24, 2.45) is 4.99 Å². The van der Waals surface area contributed by atoms with Gasteiger partial charge in [0.25, 0.3) is 0 Å². The van der Waals surface area contributed by atoms with Crippen LogP contribution in [0.5, 0.6) is 5.88 Å². The Balaban J connectivity index is 2.00. The van der Waals surface area contributed by atoms with E-state index >= 15 is 0 Å². The summed E-state index contributed by atoms with van der Waals surface area (Å²) in [6.07, 6.45) is 0. The minimum Gasteiger partial charge on any atom is -0.494 e. The van der Waals surface area contributed by atoms with Gasteiger partial charge < -0.3 is 15.2 Å². The van der Waals surface area contributed by atoms with Crippen molar-refractivity contribution in [2.75, 3.05) is 0 Å². The van der Waals surface area contributed by atoms with Gasteiger partial charge in [0.15, 0.2) is 11.6 Å². The third-order valence-corrected chi connectivity index (χ3v) is 4.67. The van der Waals surface area contributed by atoms with Crippen molar-refractivity contribution in [3.05, 3.63) is 70.7 Å². The number of aliphatic imine (C=N–C) groups is 1. The van der Waals surface area contributed by atoms with E-state index in [1.54, 1.807) is 18.2 Å². The molecule has 0 saturated heterocycles. The van der Waals surface area contributed by atoms with Crippen LogP contribution in [-0.2, 0) is 4.79 Å². The monoisotopic (exact) mass is 408 g/mol. The molecule has 26 heavy (non-hydrogen) atoms. The minimum atomic E-state index is -1.21. The molecule has 0 aliphatic heterocycles. The van der Waals surface area contributed by atoms with Crippen LogP contribution >= 0.6 is 15.9 Å². The van der Waals surface area contributed by atoms with Crippen molar-refractivity contribution in [3.8, 4) is 5.88 Å². The highest BCUT2D eigenvalue weighted by molar-refractivity contribution is 9.10. The lowest BCUT2D eigenvalue weighted by molar-refractivity contribution is -0.129. The third-order valence-electron chi connectivity index (χ3n) is 4.18. The van der Waals surface area contributed by atoms with E-state index in [1.165, 1.54) is 0 Å². The summed E-state index contributed by atoms with van der Waals surface area (Å²) < 4.78 is 0.778. The highest BCUT2D eigenvalue weighted by Gasteiger charge is 2.22. The van der Waals surface area contributed by atoms with Gasteiger partial charge in [-0.1, -0.05) is 52.3 Å². The zero-order valence-corrected chi connectivity index (χ0v) is 15.0. The summed E-state index contributed by atoms with van der Waals surface area (Å²) in [6, 6.07) is 18.5. The number of aliphatic carboxylic acids is 1. The standard InChI is InChI=1S/C20H13BrN2O3/c21-12-8-9-16-14(10-12)17(19(24)23-16)18(20(25)26)22-15-7-3-5-11-4-1-2-6-13(11)15/h1-10,23-24H,(H,25,26). The average molecular weight is 409 g/mol. The largest absolute Gasteiger partial charge is 0.494 e. The Kier molecular flexibility index (Phi) is 3.97. The normalized spacial score (nSPS) is 12.0. The Hall–Kier alpha value is -3.12. The van der Waals surface area contributed by atoms with Crippen molar-refractivity contribution in [2.45, 2.75) is 0 Å². The van der Waals surface area contributed by atoms with E-state index in [0.29, 0.717) is 16.6 Å². The van der Waals surface area contributed by atoms with Crippen LogP contribution in [0.3, 0.4) is 0 Å². The molecule has 4 aromatic rings. The molecule has 6 heteroatoms. The van der Waals surface area contributed by atoms with Gasteiger partial charge in [-0.2, -0.15) is 0 Å². The van der Waals surface area contributed by atoms with Crippen LogP contribution in [0.2, 0.25) is 0 Å². The summed E-state index contributed by atoms with van der Waals surface area (Å²) in [5.74, 6) is -1.44. The Morgan fingerprint density at radius 3 is 2.58 bits per heavy atom. The predicted molar refractivity (Wildman–Crippen MR) is 105 cm³/mol. The first-order valence-electron chi connectivity index (χ1n) is 7.85. The molecule has 1 heterocycles. The molecule has 0 aliphatic carbocycles. The number of halogens is 1. The molecule has 4 rings (SSSR count). The number of aromatic nitrogens is 1. The number of fused-ring (bicyclic) bond motifs is 2. The maximum absolute atomic E-state index is 12.0. The first-order valence-corrected chi connectivity index (χ1v) is 8.64. The summed E-state index contributed by atoms with van der Waals surface area (Å²) in [5.41, 5.74) is 1.11. The molecular weight excluding hydrogens is 396 g/mol. The molecule has 128 valence electrons. The van der Waals surface area contributed by atoms with Gasteiger partial charge in [0.1, 0.15) is 0 Å². The van der Waals surface area contributed by atoms with Gasteiger partial charge in [0.05, 0.1) is 11.3 Å². The van der Waals surface area contributed by atoms with E-state index in [0.717, 1.165) is 15.2 Å². The zero-order chi connectivity index (χ0) is 18.3. The fraction of sp³-hybridized carbons (Fsp3) is 0. The van der Waals surface area contributed by atoms with Crippen LogP contribution < -0.4 is 0 Å². The quantitative estimate of drug-likeness (QED) is 0.417. The molecule has 5 nitrogen and oxygen atoms in total. The number of nitrogens with zero attached hydrogens (tertiary/aromatic N) is 1. The van der Waals surface area contributed by atoms with Gasteiger partial charge >= 0.3 is 5.97 Å². The van der Waals surface area contributed by atoms with Crippen molar-refractivity contribution < 1.29 is 15.0 Å². The van der Waals surface area contributed by atoms with Crippen LogP contribution in [0.25, 0.3) is 21.7 Å². The topological polar surface area (TPSA) is 85.7 Å². The van der Waals surface area contributed by atoms with Gasteiger partial charge in [0, 0.05) is 20.8 Å². The predicted octanol–water partition coefficient (Wildman–Crippen LogP) is 4.99. The lowest BCUT2D eigenvalue weighted by Crippen LogP contribution is -2.14. The van der Waals surface area contributed by atoms with Gasteiger partial charge in [-0.3, -0.25) is 0 Å². The second kappa shape index (κ2) is 6.31. The molecular formula is C20H13BrN2O3. The molecule has 0 aliphatic rings. The van der Waals surface area contributed by atoms with Crippen LogP contribution in [0.4, 0.5) is 5.69 Å². The number of nitrogens with one attached hydrogen (secondary N) is 1. The molecule has 0 radical (unpaired) electrons. The first kappa shape index (κ1) is 16.4. The van der Waals surface area contributed by atoms with Gasteiger partial charge in [-0.05, 0) is 29.7 Å². The van der Waals surface area contributed by atoms with Crippen LogP contribution in [0.15, 0.2) is 70.1 Å². The van der Waals surface area contributed by atoms with Crippen molar-refractivity contribution in [1.29, 1.82) is 0 Å². The second-order valence-electron chi connectivity index (χ2n) is 5.80. The number of benzene rings is 3. The number of carboxylic acids is 1. The fourth-order valence-corrected chi connectivity index (χ4v) is 3.39. The summed E-state index contributed by atoms with van der Waals surface area (Å²) in [7, 11) is 0. The van der Waals surface area contributed by atoms with Crippen molar-refractivity contribution in [1.82, 2.24) is 4.98 Å². The molecule has 3 N–H and O–H groups in total. The summed E-state index contributed by atoms with van der Waals surface area (Å²) in [4.78, 5) is 19.1. The number of hydrogen-bond acceptors (Lipinski definition) is 3. The molecule has 0 unspecified atom stereocenters. The molecule has 0 bridgehead atoms. The van der Waals surface area contributed by atoms with E-state index in [2.05, 4.69) is 25.9 Å². The number of carboxylic acid groups (broad SMARTS) is 1. The van der Waals surface area contributed by atoms with E-state index in [-0.39, 0.29) is 17.2 Å². The molecule has 1 aromatic heterocycles. The number of H-pyrrole nitrogens is 1. The van der Waals surface area contributed by atoms with E-state index in [4.69, 9.17) is 0 Å². The van der Waals surface area contributed by atoms with E-state index < -0.39 is 5.97 Å². The Bertz CT molecular complexity index is 1190. The summed E-state index contributed by atoms with van der Waals surface area (Å²) in [6.45, 7) is 0. The fourth-order valence-electron chi connectivity index (χ4n) is 3.03. The Morgan fingerprint density at radius 1 is 1.00 bits per heavy atom. The SMILES string of the molecule is O=C(O)C(=Nc1cccc2ccccc12)c1c(O)[nH]c2ccc(Br)cc12. The van der Waals surface area contributed by atoms with Crippen molar-refractivity contribution in [3.63, 3.8) is 0 Å². The molecule has 3 aromatic carbocycles. The molecule has 0 fully saturated rings. The van der Waals surface area contributed by atoms with Crippen LogP contribution in [0.1, 0.15) is 5.56 Å². The maximum Gasteiger partial charge on any atom is 0.355 e. The number of aromatic hydroxyl groups is 1. The third kappa shape index (κ3) is 2.74. The number of hydrogen-bond donors (Lipinski definition) is 3. The molecule has 0 spiro atoms. The highest BCUT2D eigenvalue weighted by Crippen LogP contribution is 2.32. The smallest absolute Gasteiger partial charge is 0.355 e. The van der Waals surface area contributed by atoms with E-state index in [9.17, 15) is 15.0 Å². The Labute approximate surface area is 156 Å². The number of rotatable bonds is 3. The van der Waals surface area contributed by atoms with Gasteiger partial charge in [-0.25, -0.2) is 9.79 Å². The molecule has 0 atom stereocenters. The zero-order valence-electron chi connectivity index (χ0n) is 13.4. The average Bonchev–Trinajstić information content (AvgIpc) is 2.94. The van der Waals surface area contributed by atoms with Gasteiger partial charge in [-0.15, -0.1) is 0 Å². The highest BCUT2D eigenvalue weighted by atomic mass is 79.9. The lowest BCUT2D eigenvalue weighted by Gasteiger charge is -2.05. The minimum absolute atomic E-state index is 0.168. The first-order chi connectivity index (χ1) is 12.5. The van der Waals surface area contributed by atoms with Crippen LogP contribution in [0, 0.1) is 0 Å². The lowest BCUT2D eigenvalue weighted by atomic mass is 10.1.